The molecule has 0 radical (unpaired) electrons. The molecular formula is C10H10FN3. The smallest absolute Gasteiger partial charge is 0.123 e. The topological polar surface area (TPSA) is 40.7 Å². The summed E-state index contributed by atoms with van der Waals surface area (Å²) in [6.07, 6.45) is 3.47. The van der Waals surface area contributed by atoms with E-state index in [-0.39, 0.29) is 5.82 Å². The fraction of sp³-hybridized carbons (Fsp3) is 0.100. The van der Waals surface area contributed by atoms with Crippen molar-refractivity contribution >= 4 is 5.69 Å². The zero-order valence-electron chi connectivity index (χ0n) is 7.50. The summed E-state index contributed by atoms with van der Waals surface area (Å²) in [5, 5.41) is 9.65. The van der Waals surface area contributed by atoms with Crippen molar-refractivity contribution in [3.8, 4) is 0 Å². The number of nitrogens with zero attached hydrogens (tertiary/aromatic N) is 1. The van der Waals surface area contributed by atoms with Crippen LogP contribution in [0.15, 0.2) is 36.7 Å². The van der Waals surface area contributed by atoms with Crippen molar-refractivity contribution in [1.29, 1.82) is 0 Å². The lowest BCUT2D eigenvalue weighted by molar-refractivity contribution is 0.627. The molecule has 72 valence electrons. The molecule has 2 rings (SSSR count). The van der Waals surface area contributed by atoms with E-state index >= 15 is 0 Å². The van der Waals surface area contributed by atoms with E-state index in [4.69, 9.17) is 0 Å². The first-order valence-electron chi connectivity index (χ1n) is 4.32. The third kappa shape index (κ3) is 2.10. The first-order chi connectivity index (χ1) is 6.84. The normalized spacial score (nSPS) is 10.1. The molecule has 0 spiro atoms. The van der Waals surface area contributed by atoms with Crippen molar-refractivity contribution in [1.82, 2.24) is 10.2 Å². The van der Waals surface area contributed by atoms with Gasteiger partial charge in [-0.2, -0.15) is 5.10 Å². The molecule has 2 N–H and O–H groups in total. The Balaban J connectivity index is 1.95. The minimum atomic E-state index is -0.211. The van der Waals surface area contributed by atoms with E-state index in [0.29, 0.717) is 6.54 Å². The van der Waals surface area contributed by atoms with Gasteiger partial charge >= 0.3 is 0 Å². The van der Waals surface area contributed by atoms with Gasteiger partial charge in [0.25, 0.3) is 0 Å². The van der Waals surface area contributed by atoms with Crippen molar-refractivity contribution in [2.75, 3.05) is 5.32 Å². The first kappa shape index (κ1) is 8.74. The van der Waals surface area contributed by atoms with Gasteiger partial charge in [0.15, 0.2) is 0 Å². The number of rotatable bonds is 3. The molecule has 1 heterocycles. The summed E-state index contributed by atoms with van der Waals surface area (Å²) in [6.45, 7) is 0.666. The van der Waals surface area contributed by atoms with E-state index in [9.17, 15) is 4.39 Å². The molecule has 0 unspecified atom stereocenters. The van der Waals surface area contributed by atoms with Crippen molar-refractivity contribution in [2.45, 2.75) is 6.54 Å². The van der Waals surface area contributed by atoms with Crippen LogP contribution in [0, 0.1) is 5.82 Å². The second-order valence-electron chi connectivity index (χ2n) is 2.97. The third-order valence-corrected chi connectivity index (χ3v) is 1.91. The molecule has 2 aromatic rings. The summed E-state index contributed by atoms with van der Waals surface area (Å²) < 4.78 is 12.6. The summed E-state index contributed by atoms with van der Waals surface area (Å²) in [6, 6.07) is 6.41. The van der Waals surface area contributed by atoms with Crippen molar-refractivity contribution < 1.29 is 4.39 Å². The van der Waals surface area contributed by atoms with Gasteiger partial charge in [0.2, 0.25) is 0 Å². The molecule has 3 nitrogen and oxygen atoms in total. The average Bonchev–Trinajstić information content (AvgIpc) is 2.70. The summed E-state index contributed by atoms with van der Waals surface area (Å²) in [5.41, 5.74) is 1.96. The fourth-order valence-corrected chi connectivity index (χ4v) is 1.15. The number of aromatic amines is 1. The highest BCUT2D eigenvalue weighted by Crippen LogP contribution is 2.07. The second kappa shape index (κ2) is 3.91. The van der Waals surface area contributed by atoms with Crippen LogP contribution in [0.1, 0.15) is 5.56 Å². The van der Waals surface area contributed by atoms with Crippen LogP contribution in [-0.2, 0) is 6.54 Å². The number of benzene rings is 1. The van der Waals surface area contributed by atoms with Crippen LogP contribution in [0.4, 0.5) is 10.1 Å². The standard InChI is InChI=1S/C10H10FN3/c11-9-3-1-8(2-4-9)5-12-10-6-13-14-7-10/h1-4,6-7,12H,5H2,(H,13,14). The van der Waals surface area contributed by atoms with Crippen LogP contribution in [0.25, 0.3) is 0 Å². The minimum Gasteiger partial charge on any atom is -0.378 e. The molecule has 14 heavy (non-hydrogen) atoms. The maximum absolute atomic E-state index is 12.6. The highest BCUT2D eigenvalue weighted by Gasteiger charge is 1.94. The summed E-state index contributed by atoms with van der Waals surface area (Å²) in [5.74, 6) is -0.211. The molecule has 0 fully saturated rings. The van der Waals surface area contributed by atoms with Gasteiger partial charge in [0.05, 0.1) is 11.9 Å². The lowest BCUT2D eigenvalue weighted by Gasteiger charge is -2.02. The van der Waals surface area contributed by atoms with Gasteiger partial charge in [-0.3, -0.25) is 5.10 Å². The number of H-pyrrole nitrogens is 1. The highest BCUT2D eigenvalue weighted by atomic mass is 19.1. The quantitative estimate of drug-likeness (QED) is 0.780. The Labute approximate surface area is 81.0 Å². The molecule has 0 aliphatic carbocycles. The van der Waals surface area contributed by atoms with Gasteiger partial charge < -0.3 is 5.32 Å². The molecule has 0 saturated carbocycles. The molecule has 1 aromatic carbocycles. The molecule has 0 aliphatic heterocycles. The molecule has 0 saturated heterocycles. The van der Waals surface area contributed by atoms with E-state index in [1.807, 2.05) is 0 Å². The van der Waals surface area contributed by atoms with Crippen LogP contribution in [0.3, 0.4) is 0 Å². The molecule has 0 aliphatic rings. The zero-order chi connectivity index (χ0) is 9.80. The Kier molecular flexibility index (Phi) is 2.44. The van der Waals surface area contributed by atoms with E-state index in [2.05, 4.69) is 15.5 Å². The van der Waals surface area contributed by atoms with Gasteiger partial charge in [0, 0.05) is 12.7 Å². The minimum absolute atomic E-state index is 0.211. The predicted octanol–water partition coefficient (Wildman–Crippen LogP) is 2.16. The first-order valence-corrected chi connectivity index (χ1v) is 4.32. The predicted molar refractivity (Wildman–Crippen MR) is 52.3 cm³/mol. The Hall–Kier alpha value is -1.84. The fourth-order valence-electron chi connectivity index (χ4n) is 1.15. The van der Waals surface area contributed by atoms with E-state index < -0.39 is 0 Å². The van der Waals surface area contributed by atoms with Crippen molar-refractivity contribution in [3.05, 3.63) is 48.0 Å². The summed E-state index contributed by atoms with van der Waals surface area (Å²) in [7, 11) is 0. The molecule has 0 atom stereocenters. The molecule has 4 heteroatoms. The summed E-state index contributed by atoms with van der Waals surface area (Å²) >= 11 is 0. The van der Waals surface area contributed by atoms with Crippen LogP contribution >= 0.6 is 0 Å². The SMILES string of the molecule is Fc1ccc(CNc2cn[nH]c2)cc1. The second-order valence-corrected chi connectivity index (χ2v) is 2.97. The zero-order valence-corrected chi connectivity index (χ0v) is 7.50. The average molecular weight is 191 g/mol. The Bertz CT molecular complexity index is 380. The number of hydrogen-bond acceptors (Lipinski definition) is 2. The Morgan fingerprint density at radius 2 is 2.07 bits per heavy atom. The largest absolute Gasteiger partial charge is 0.378 e. The Morgan fingerprint density at radius 1 is 1.29 bits per heavy atom. The van der Waals surface area contributed by atoms with Crippen LogP contribution in [-0.4, -0.2) is 10.2 Å². The third-order valence-electron chi connectivity index (χ3n) is 1.91. The van der Waals surface area contributed by atoms with Gasteiger partial charge in [-0.25, -0.2) is 4.39 Å². The van der Waals surface area contributed by atoms with Crippen LogP contribution in [0.5, 0.6) is 0 Å². The van der Waals surface area contributed by atoms with Crippen LogP contribution < -0.4 is 5.32 Å². The van der Waals surface area contributed by atoms with Gasteiger partial charge in [-0.1, -0.05) is 12.1 Å². The number of aromatic nitrogens is 2. The maximum Gasteiger partial charge on any atom is 0.123 e. The van der Waals surface area contributed by atoms with Gasteiger partial charge in [0.1, 0.15) is 5.82 Å². The highest BCUT2D eigenvalue weighted by molar-refractivity contribution is 5.38. The lowest BCUT2D eigenvalue weighted by Crippen LogP contribution is -1.97. The molecule has 1 aromatic heterocycles. The van der Waals surface area contributed by atoms with Crippen molar-refractivity contribution in [3.63, 3.8) is 0 Å². The number of nitrogens with one attached hydrogen (secondary N) is 2. The van der Waals surface area contributed by atoms with Gasteiger partial charge in [-0.15, -0.1) is 0 Å². The maximum atomic E-state index is 12.6. The number of anilines is 1. The molecule has 0 amide bonds. The lowest BCUT2D eigenvalue weighted by atomic mass is 10.2. The van der Waals surface area contributed by atoms with E-state index in [0.717, 1.165) is 11.3 Å². The van der Waals surface area contributed by atoms with Crippen LogP contribution in [0.2, 0.25) is 0 Å². The Morgan fingerprint density at radius 3 is 2.71 bits per heavy atom. The van der Waals surface area contributed by atoms with Crippen molar-refractivity contribution in [2.24, 2.45) is 0 Å². The number of halogens is 1. The molecular weight excluding hydrogens is 181 g/mol. The van der Waals surface area contributed by atoms with E-state index in [1.165, 1.54) is 12.1 Å². The number of hydrogen-bond donors (Lipinski definition) is 2. The van der Waals surface area contributed by atoms with Gasteiger partial charge in [-0.05, 0) is 17.7 Å². The molecule has 0 bridgehead atoms. The van der Waals surface area contributed by atoms with E-state index in [1.54, 1.807) is 24.5 Å². The summed E-state index contributed by atoms with van der Waals surface area (Å²) in [4.78, 5) is 0. The monoisotopic (exact) mass is 191 g/mol.